The van der Waals surface area contributed by atoms with Crippen molar-refractivity contribution in [1.82, 2.24) is 4.90 Å². The van der Waals surface area contributed by atoms with E-state index in [-0.39, 0.29) is 69.2 Å². The van der Waals surface area contributed by atoms with Gasteiger partial charge in [0, 0.05) is 19.5 Å². The van der Waals surface area contributed by atoms with Gasteiger partial charge in [0.2, 0.25) is 0 Å². The highest BCUT2D eigenvalue weighted by Gasteiger charge is 2.23. The van der Waals surface area contributed by atoms with Crippen LogP contribution in [0.15, 0.2) is 0 Å². The molecule has 0 saturated heterocycles. The van der Waals surface area contributed by atoms with Crippen LogP contribution in [-0.2, 0) is 28.7 Å². The van der Waals surface area contributed by atoms with Crippen molar-refractivity contribution in [2.45, 2.75) is 26.7 Å². The van der Waals surface area contributed by atoms with E-state index in [4.69, 9.17) is 9.47 Å². The molecule has 1 unspecified atom stereocenters. The van der Waals surface area contributed by atoms with Crippen molar-refractivity contribution in [1.29, 1.82) is 0 Å². The Bertz CT molecular complexity index is 511. The number of quaternary nitrogens is 1. The van der Waals surface area contributed by atoms with Crippen molar-refractivity contribution in [3.63, 3.8) is 0 Å². The zero-order chi connectivity index (χ0) is 20.9. The number of carboxylic acids is 2. The average Bonchev–Trinajstić information content (AvgIpc) is 2.57. The minimum absolute atomic E-state index is 0.0133. The van der Waals surface area contributed by atoms with Crippen LogP contribution in [0, 0.1) is 0 Å². The summed E-state index contributed by atoms with van der Waals surface area (Å²) in [7, 11) is 1.64. The number of esters is 2. The Morgan fingerprint density at radius 1 is 0.926 bits per heavy atom. The van der Waals surface area contributed by atoms with E-state index in [0.29, 0.717) is 6.54 Å². The zero-order valence-corrected chi connectivity index (χ0v) is 16.2. The van der Waals surface area contributed by atoms with E-state index < -0.39 is 17.9 Å². The van der Waals surface area contributed by atoms with Crippen molar-refractivity contribution in [2.75, 3.05) is 59.5 Å². The lowest BCUT2D eigenvalue weighted by molar-refractivity contribution is -0.904. The maximum Gasteiger partial charge on any atom is 0.307 e. The van der Waals surface area contributed by atoms with Crippen LogP contribution < -0.4 is 10.2 Å². The molecule has 1 atom stereocenters. The largest absolute Gasteiger partial charge is 0.549 e. The van der Waals surface area contributed by atoms with Gasteiger partial charge < -0.3 is 33.8 Å². The third kappa shape index (κ3) is 12.7. The highest BCUT2D eigenvalue weighted by atomic mass is 16.5. The van der Waals surface area contributed by atoms with Crippen molar-refractivity contribution in [3.8, 4) is 0 Å². The maximum atomic E-state index is 11.8. The third-order valence-corrected chi connectivity index (χ3v) is 4.02. The molecule has 10 heteroatoms. The summed E-state index contributed by atoms with van der Waals surface area (Å²) < 4.78 is 10.1. The van der Waals surface area contributed by atoms with Gasteiger partial charge in [-0.2, -0.15) is 0 Å². The minimum Gasteiger partial charge on any atom is -0.549 e. The van der Waals surface area contributed by atoms with Crippen LogP contribution in [0.1, 0.15) is 26.7 Å². The number of hydrogen-bond donors (Lipinski definition) is 0. The molecule has 156 valence electrons. The van der Waals surface area contributed by atoms with E-state index in [1.165, 1.54) is 4.90 Å². The van der Waals surface area contributed by atoms with Gasteiger partial charge in [-0.15, -0.1) is 0 Å². The Morgan fingerprint density at radius 3 is 1.93 bits per heavy atom. The van der Waals surface area contributed by atoms with Crippen molar-refractivity contribution in [2.24, 2.45) is 0 Å². The van der Waals surface area contributed by atoms with Crippen LogP contribution in [0.4, 0.5) is 0 Å². The normalized spacial score (nSPS) is 13.0. The third-order valence-electron chi connectivity index (χ3n) is 4.02. The van der Waals surface area contributed by atoms with Crippen molar-refractivity contribution in [3.05, 3.63) is 0 Å². The van der Waals surface area contributed by atoms with E-state index in [1.807, 2.05) is 0 Å². The summed E-state index contributed by atoms with van der Waals surface area (Å²) >= 11 is 0. The summed E-state index contributed by atoms with van der Waals surface area (Å²) in [4.78, 5) is 46.0. The van der Waals surface area contributed by atoms with Gasteiger partial charge in [0.25, 0.3) is 0 Å². The quantitative estimate of drug-likeness (QED) is 0.214. The smallest absolute Gasteiger partial charge is 0.307 e. The van der Waals surface area contributed by atoms with Gasteiger partial charge in [-0.1, -0.05) is 13.8 Å². The first kappa shape index (κ1) is 24.8. The number of carbonyl (C=O) groups excluding carboxylic acids is 4. The van der Waals surface area contributed by atoms with Gasteiger partial charge in [0.05, 0.1) is 25.4 Å². The predicted molar refractivity (Wildman–Crippen MR) is 89.7 cm³/mol. The van der Waals surface area contributed by atoms with E-state index in [0.717, 1.165) is 0 Å². The van der Waals surface area contributed by atoms with E-state index in [1.54, 1.807) is 20.9 Å². The van der Waals surface area contributed by atoms with Crippen LogP contribution in [0.2, 0.25) is 0 Å². The molecule has 0 aromatic carbocycles. The molecule has 0 aromatic heterocycles. The summed E-state index contributed by atoms with van der Waals surface area (Å²) in [5.74, 6) is -3.36. The second-order valence-electron chi connectivity index (χ2n) is 6.38. The minimum atomic E-state index is -1.26. The summed E-state index contributed by atoms with van der Waals surface area (Å²) in [6, 6.07) is 0. The first-order valence-corrected chi connectivity index (χ1v) is 8.88. The average molecular weight is 389 g/mol. The molecule has 0 radical (unpaired) electrons. The molecule has 27 heavy (non-hydrogen) atoms. The zero-order valence-electron chi connectivity index (χ0n) is 16.2. The molecule has 0 bridgehead atoms. The summed E-state index contributed by atoms with van der Waals surface area (Å²) in [6.45, 7) is 4.02. The lowest BCUT2D eigenvalue weighted by atomic mass is 10.3. The van der Waals surface area contributed by atoms with Gasteiger partial charge in [0.15, 0.2) is 0 Å². The highest BCUT2D eigenvalue weighted by Crippen LogP contribution is 2.03. The highest BCUT2D eigenvalue weighted by molar-refractivity contribution is 5.70. The van der Waals surface area contributed by atoms with Crippen molar-refractivity contribution >= 4 is 23.9 Å². The number of rotatable bonds is 15. The van der Waals surface area contributed by atoms with Crippen LogP contribution in [0.3, 0.4) is 0 Å². The second kappa shape index (κ2) is 13.0. The molecule has 0 N–H and O–H groups in total. The fraction of sp³-hybridized carbons (Fsp3) is 0.765. The Balaban J connectivity index is 4.36. The molecule has 10 nitrogen and oxygen atoms in total. The number of ether oxygens (including phenoxy) is 2. The first-order valence-electron chi connectivity index (χ1n) is 8.88. The van der Waals surface area contributed by atoms with Gasteiger partial charge in [-0.25, -0.2) is 0 Å². The first-order chi connectivity index (χ1) is 12.6. The molecule has 0 aliphatic heterocycles. The Morgan fingerprint density at radius 2 is 1.48 bits per heavy atom. The van der Waals surface area contributed by atoms with E-state index in [9.17, 15) is 29.4 Å². The summed E-state index contributed by atoms with van der Waals surface area (Å²) in [6.07, 6.45) is 0.244. The lowest BCUT2D eigenvalue weighted by Crippen LogP contribution is -2.54. The number of hydrogen-bond acceptors (Lipinski definition) is 9. The molecule has 0 fully saturated rings. The Labute approximate surface area is 159 Å². The monoisotopic (exact) mass is 389 g/mol. The molecule has 0 saturated carbocycles. The summed E-state index contributed by atoms with van der Waals surface area (Å²) in [5.41, 5.74) is 0. The standard InChI is InChI=1S/C17H30N2O8/c1-4-16(24)26-10-8-19(3,13-15(22)23)9-11-27-17(25)6-7-18(5-2)12-14(20)21/h4-13H2,1-3H3,(H-,20,21,22,23)/p-1. The molecule has 0 rings (SSSR count). The van der Waals surface area contributed by atoms with Crippen LogP contribution in [-0.4, -0.2) is 92.8 Å². The Kier molecular flexibility index (Phi) is 12.0. The van der Waals surface area contributed by atoms with Crippen LogP contribution >= 0.6 is 0 Å². The van der Waals surface area contributed by atoms with E-state index in [2.05, 4.69) is 0 Å². The van der Waals surface area contributed by atoms with Crippen LogP contribution in [0.5, 0.6) is 0 Å². The van der Waals surface area contributed by atoms with Gasteiger partial charge in [-0.05, 0) is 6.54 Å². The van der Waals surface area contributed by atoms with Gasteiger partial charge in [-0.3, -0.25) is 14.5 Å². The molecule has 0 aliphatic rings. The lowest BCUT2D eigenvalue weighted by Gasteiger charge is -2.34. The van der Waals surface area contributed by atoms with Crippen molar-refractivity contribution < 1.29 is 43.3 Å². The number of nitrogens with zero attached hydrogens (tertiary/aromatic N) is 2. The van der Waals surface area contributed by atoms with Crippen LogP contribution in [0.25, 0.3) is 0 Å². The molecular weight excluding hydrogens is 360 g/mol. The topological polar surface area (TPSA) is 136 Å². The van der Waals surface area contributed by atoms with Gasteiger partial charge in [0.1, 0.15) is 32.8 Å². The molecule has 0 amide bonds. The molecule has 0 heterocycles. The fourth-order valence-corrected chi connectivity index (χ4v) is 2.30. The van der Waals surface area contributed by atoms with Gasteiger partial charge >= 0.3 is 11.9 Å². The molecule has 0 aromatic rings. The number of carbonyl (C=O) groups is 4. The summed E-state index contributed by atoms with van der Waals surface area (Å²) in [5, 5.41) is 21.5. The molecular formula is C17H29N2O8-. The number of carboxylic acid groups (broad SMARTS) is 2. The fourth-order valence-electron chi connectivity index (χ4n) is 2.30. The SMILES string of the molecule is CCC(=O)OCC[N+](C)(CCOC(=O)CCN(CC)CC(=O)[O-])CC(=O)[O-]. The molecule has 0 spiro atoms. The Hall–Kier alpha value is -2.20. The van der Waals surface area contributed by atoms with E-state index >= 15 is 0 Å². The second-order valence-corrected chi connectivity index (χ2v) is 6.38. The molecule has 0 aliphatic carbocycles. The maximum absolute atomic E-state index is 11.8. The number of likely N-dealkylation sites (N-methyl/N-ethyl adjacent to an activating group) is 2. The number of aliphatic carboxylic acids is 2. The predicted octanol–water partition coefficient (Wildman–Crippen LogP) is -2.86.